The van der Waals surface area contributed by atoms with E-state index in [1.807, 2.05) is 0 Å². The van der Waals surface area contributed by atoms with Crippen molar-refractivity contribution < 1.29 is 4.74 Å². The topological polar surface area (TPSA) is 21.3 Å². The van der Waals surface area contributed by atoms with Gasteiger partial charge >= 0.3 is 0 Å². The van der Waals surface area contributed by atoms with Crippen molar-refractivity contribution in [3.8, 4) is 0 Å². The average molecular weight is 199 g/mol. The van der Waals surface area contributed by atoms with E-state index in [1.54, 1.807) is 0 Å². The molecule has 1 N–H and O–H groups in total. The summed E-state index contributed by atoms with van der Waals surface area (Å²) >= 11 is 0. The van der Waals surface area contributed by atoms with E-state index in [9.17, 15) is 0 Å². The molecule has 0 radical (unpaired) electrons. The minimum absolute atomic E-state index is 0.368. The fraction of sp³-hybridized carbons (Fsp3) is 1.00. The molecule has 1 fully saturated rings. The van der Waals surface area contributed by atoms with Gasteiger partial charge in [-0.3, -0.25) is 0 Å². The van der Waals surface area contributed by atoms with Crippen LogP contribution in [0.3, 0.4) is 0 Å². The van der Waals surface area contributed by atoms with Crippen LogP contribution in [0.15, 0.2) is 0 Å². The minimum atomic E-state index is 0.368. The van der Waals surface area contributed by atoms with Gasteiger partial charge in [0.25, 0.3) is 0 Å². The molecule has 1 atom stereocenters. The molecule has 1 saturated heterocycles. The maximum atomic E-state index is 5.38. The zero-order valence-electron chi connectivity index (χ0n) is 10.1. The Labute approximate surface area is 88.4 Å². The van der Waals surface area contributed by atoms with Gasteiger partial charge in [-0.15, -0.1) is 0 Å². The molecule has 0 aromatic carbocycles. The summed E-state index contributed by atoms with van der Waals surface area (Å²) in [4.78, 5) is 0. The summed E-state index contributed by atoms with van der Waals surface area (Å²) in [7, 11) is 2.08. The van der Waals surface area contributed by atoms with Crippen LogP contribution >= 0.6 is 0 Å². The molecule has 0 spiro atoms. The molecule has 1 aliphatic heterocycles. The van der Waals surface area contributed by atoms with Crippen LogP contribution in [-0.4, -0.2) is 26.3 Å². The lowest BCUT2D eigenvalue weighted by Crippen LogP contribution is -2.40. The molecule has 1 rings (SSSR count). The van der Waals surface area contributed by atoms with E-state index in [1.165, 1.54) is 19.3 Å². The third kappa shape index (κ3) is 3.58. The summed E-state index contributed by atoms with van der Waals surface area (Å²) in [5.41, 5.74) is 0.368. The summed E-state index contributed by atoms with van der Waals surface area (Å²) in [6.07, 6.45) is 3.78. The second-order valence-electron chi connectivity index (χ2n) is 5.50. The van der Waals surface area contributed by atoms with Crippen LogP contribution in [0.1, 0.15) is 40.0 Å². The predicted octanol–water partition coefficient (Wildman–Crippen LogP) is 2.44. The lowest BCUT2D eigenvalue weighted by Gasteiger charge is -2.34. The van der Waals surface area contributed by atoms with Gasteiger partial charge in [-0.2, -0.15) is 0 Å². The first-order valence-electron chi connectivity index (χ1n) is 5.79. The second-order valence-corrected chi connectivity index (χ2v) is 5.50. The van der Waals surface area contributed by atoms with Crippen molar-refractivity contribution in [2.45, 2.75) is 46.1 Å². The largest absolute Gasteiger partial charge is 0.381 e. The van der Waals surface area contributed by atoms with E-state index in [4.69, 9.17) is 4.74 Å². The summed E-state index contributed by atoms with van der Waals surface area (Å²) < 4.78 is 5.38. The van der Waals surface area contributed by atoms with Crippen molar-refractivity contribution >= 4 is 0 Å². The smallest absolute Gasteiger partial charge is 0.0468 e. The van der Waals surface area contributed by atoms with E-state index in [0.717, 1.165) is 19.1 Å². The fourth-order valence-electron chi connectivity index (χ4n) is 2.22. The summed E-state index contributed by atoms with van der Waals surface area (Å²) in [5.74, 6) is 0.862. The number of rotatable bonds is 3. The number of hydrogen-bond donors (Lipinski definition) is 1. The third-order valence-corrected chi connectivity index (χ3v) is 3.30. The zero-order chi connectivity index (χ0) is 10.6. The van der Waals surface area contributed by atoms with E-state index in [-0.39, 0.29) is 0 Å². The van der Waals surface area contributed by atoms with Crippen molar-refractivity contribution in [1.29, 1.82) is 0 Å². The molecule has 1 heterocycles. The molecular weight excluding hydrogens is 174 g/mol. The van der Waals surface area contributed by atoms with Crippen molar-refractivity contribution in [1.82, 2.24) is 5.32 Å². The van der Waals surface area contributed by atoms with Gasteiger partial charge in [0.2, 0.25) is 0 Å². The Morgan fingerprint density at radius 3 is 2.29 bits per heavy atom. The molecule has 1 aliphatic rings. The Morgan fingerprint density at radius 1 is 1.29 bits per heavy atom. The molecule has 0 saturated carbocycles. The highest BCUT2D eigenvalue weighted by Crippen LogP contribution is 2.28. The molecule has 0 aliphatic carbocycles. The first kappa shape index (κ1) is 12.0. The standard InChI is InChI=1S/C12H25NO/c1-12(2,3)11(13-4)9-10-5-7-14-8-6-10/h10-11,13H,5-9H2,1-4H3. The Kier molecular flexibility index (Phi) is 4.39. The molecule has 2 nitrogen and oxygen atoms in total. The average Bonchev–Trinajstić information content (AvgIpc) is 2.14. The van der Waals surface area contributed by atoms with Crippen molar-refractivity contribution in [3.05, 3.63) is 0 Å². The molecule has 14 heavy (non-hydrogen) atoms. The zero-order valence-corrected chi connectivity index (χ0v) is 10.1. The number of hydrogen-bond acceptors (Lipinski definition) is 2. The van der Waals surface area contributed by atoms with Gasteiger partial charge in [0.1, 0.15) is 0 Å². The van der Waals surface area contributed by atoms with E-state index >= 15 is 0 Å². The lowest BCUT2D eigenvalue weighted by atomic mass is 9.79. The highest BCUT2D eigenvalue weighted by molar-refractivity contribution is 4.82. The third-order valence-electron chi connectivity index (χ3n) is 3.30. The Bertz CT molecular complexity index is 156. The molecule has 0 amide bonds. The van der Waals surface area contributed by atoms with Gasteiger partial charge in [0.05, 0.1) is 0 Å². The van der Waals surface area contributed by atoms with Crippen LogP contribution in [0, 0.1) is 11.3 Å². The minimum Gasteiger partial charge on any atom is -0.381 e. The fourth-order valence-corrected chi connectivity index (χ4v) is 2.22. The van der Waals surface area contributed by atoms with Crippen LogP contribution < -0.4 is 5.32 Å². The molecule has 0 aromatic rings. The summed E-state index contributed by atoms with van der Waals surface area (Å²) in [5, 5.41) is 3.45. The normalized spacial score (nSPS) is 22.3. The van der Waals surface area contributed by atoms with Gasteiger partial charge in [-0.1, -0.05) is 20.8 Å². The molecular formula is C12H25NO. The van der Waals surface area contributed by atoms with E-state index in [2.05, 4.69) is 33.1 Å². The van der Waals surface area contributed by atoms with Crippen molar-refractivity contribution in [2.75, 3.05) is 20.3 Å². The highest BCUT2D eigenvalue weighted by atomic mass is 16.5. The monoisotopic (exact) mass is 199 g/mol. The van der Waals surface area contributed by atoms with E-state index < -0.39 is 0 Å². The number of nitrogens with one attached hydrogen (secondary N) is 1. The second kappa shape index (κ2) is 5.13. The van der Waals surface area contributed by atoms with Crippen molar-refractivity contribution in [2.24, 2.45) is 11.3 Å². The first-order valence-corrected chi connectivity index (χ1v) is 5.79. The molecule has 84 valence electrons. The summed E-state index contributed by atoms with van der Waals surface area (Å²) in [6, 6.07) is 0.630. The Hall–Kier alpha value is -0.0800. The van der Waals surface area contributed by atoms with Gasteiger partial charge in [-0.25, -0.2) is 0 Å². The van der Waals surface area contributed by atoms with Crippen LogP contribution in [0.4, 0.5) is 0 Å². The lowest BCUT2D eigenvalue weighted by molar-refractivity contribution is 0.0552. The van der Waals surface area contributed by atoms with Crippen LogP contribution in [0.2, 0.25) is 0 Å². The van der Waals surface area contributed by atoms with Gasteiger partial charge in [0.15, 0.2) is 0 Å². The first-order chi connectivity index (χ1) is 6.54. The Balaban J connectivity index is 2.39. The van der Waals surface area contributed by atoms with E-state index in [0.29, 0.717) is 11.5 Å². The predicted molar refractivity (Wildman–Crippen MR) is 60.5 cm³/mol. The molecule has 0 aromatic heterocycles. The quantitative estimate of drug-likeness (QED) is 0.754. The van der Waals surface area contributed by atoms with Crippen molar-refractivity contribution in [3.63, 3.8) is 0 Å². The molecule has 0 bridgehead atoms. The SMILES string of the molecule is CNC(CC1CCOCC1)C(C)(C)C. The molecule has 2 heteroatoms. The summed E-state index contributed by atoms with van der Waals surface area (Å²) in [6.45, 7) is 8.87. The van der Waals surface area contributed by atoms with Crippen LogP contribution in [0.25, 0.3) is 0 Å². The van der Waals surface area contributed by atoms with Crippen LogP contribution in [0.5, 0.6) is 0 Å². The van der Waals surface area contributed by atoms with Gasteiger partial charge < -0.3 is 10.1 Å². The maximum Gasteiger partial charge on any atom is 0.0468 e. The Morgan fingerprint density at radius 2 is 1.86 bits per heavy atom. The van der Waals surface area contributed by atoms with Gasteiger partial charge in [0, 0.05) is 19.3 Å². The highest BCUT2D eigenvalue weighted by Gasteiger charge is 2.26. The van der Waals surface area contributed by atoms with Crippen LogP contribution in [-0.2, 0) is 4.74 Å². The maximum absolute atomic E-state index is 5.38. The number of ether oxygens (including phenoxy) is 1. The molecule has 1 unspecified atom stereocenters. The van der Waals surface area contributed by atoms with Gasteiger partial charge in [-0.05, 0) is 37.6 Å².